The van der Waals surface area contributed by atoms with Crippen LogP contribution in [0.1, 0.15) is 19.3 Å². The summed E-state index contributed by atoms with van der Waals surface area (Å²) in [6.45, 7) is 1.10. The summed E-state index contributed by atoms with van der Waals surface area (Å²) >= 11 is 1.65. The van der Waals surface area contributed by atoms with Crippen LogP contribution in [0.5, 0.6) is 0 Å². The molecule has 0 amide bonds. The number of hydrogen-bond donors (Lipinski definition) is 1. The molecule has 17 heavy (non-hydrogen) atoms. The number of nitrogens with zero attached hydrogens (tertiary/aromatic N) is 2. The fraction of sp³-hybridized carbons (Fsp3) is 0.545. The molecule has 1 N–H and O–H groups in total. The molecule has 0 aromatic carbocycles. The number of nitrogens with one attached hydrogen (secondary N) is 1. The molecule has 0 bridgehead atoms. The Bertz CT molecular complexity index is 377. The second kappa shape index (κ2) is 5.97. The zero-order chi connectivity index (χ0) is 12.1. The molecule has 0 aliphatic carbocycles. The largest absolute Gasteiger partial charge is 0.313 e. The van der Waals surface area contributed by atoms with E-state index in [1.807, 2.05) is 0 Å². The number of piperidine rings is 1. The minimum Gasteiger partial charge on any atom is -0.313 e. The Morgan fingerprint density at radius 2 is 2.41 bits per heavy atom. The molecule has 1 aliphatic heterocycles. The van der Waals surface area contributed by atoms with Gasteiger partial charge in [-0.1, -0.05) is 6.42 Å². The van der Waals surface area contributed by atoms with Gasteiger partial charge in [0.2, 0.25) is 0 Å². The molecule has 2 rings (SSSR count). The predicted molar refractivity (Wildman–Crippen MR) is 67.3 cm³/mol. The third kappa shape index (κ3) is 3.67. The zero-order valence-corrected chi connectivity index (χ0v) is 10.3. The van der Waals surface area contributed by atoms with Crippen LogP contribution in [0.4, 0.5) is 5.69 Å². The van der Waals surface area contributed by atoms with Gasteiger partial charge in [0.25, 0.3) is 5.69 Å². The van der Waals surface area contributed by atoms with Gasteiger partial charge < -0.3 is 5.32 Å². The van der Waals surface area contributed by atoms with Crippen LogP contribution in [0.3, 0.4) is 0 Å². The second-order valence-electron chi connectivity index (χ2n) is 4.07. The van der Waals surface area contributed by atoms with Crippen molar-refractivity contribution in [1.29, 1.82) is 0 Å². The first-order chi connectivity index (χ1) is 8.25. The molecule has 1 aliphatic rings. The monoisotopic (exact) mass is 253 g/mol. The first kappa shape index (κ1) is 12.3. The number of aromatic nitrogens is 1. The van der Waals surface area contributed by atoms with Crippen molar-refractivity contribution in [2.45, 2.75) is 30.3 Å². The number of rotatable bonds is 4. The highest BCUT2D eigenvalue weighted by molar-refractivity contribution is 7.99. The van der Waals surface area contributed by atoms with Gasteiger partial charge in [0.1, 0.15) is 6.20 Å². The first-order valence-electron chi connectivity index (χ1n) is 5.72. The van der Waals surface area contributed by atoms with E-state index in [0.29, 0.717) is 6.04 Å². The lowest BCUT2D eigenvalue weighted by Crippen LogP contribution is -2.35. The first-order valence-corrected chi connectivity index (χ1v) is 6.71. The number of nitro groups is 1. The molecule has 1 atom stereocenters. The van der Waals surface area contributed by atoms with Crippen LogP contribution in [0.25, 0.3) is 0 Å². The SMILES string of the molecule is O=[N+]([O-])c1ccc(SC[C@H]2CCCCN2)nc1. The number of hydrogen-bond acceptors (Lipinski definition) is 5. The summed E-state index contributed by atoms with van der Waals surface area (Å²) in [6.07, 6.45) is 5.07. The van der Waals surface area contributed by atoms with Gasteiger partial charge in [-0.05, 0) is 25.5 Å². The molecule has 0 unspecified atom stereocenters. The Hall–Kier alpha value is -1.14. The molecule has 2 heterocycles. The Morgan fingerprint density at radius 1 is 1.53 bits per heavy atom. The Balaban J connectivity index is 1.84. The van der Waals surface area contributed by atoms with Crippen LogP contribution in [0.2, 0.25) is 0 Å². The molecule has 1 aromatic heterocycles. The maximum atomic E-state index is 10.5. The van der Waals surface area contributed by atoms with E-state index in [1.165, 1.54) is 31.5 Å². The molecule has 1 aromatic rings. The predicted octanol–water partition coefficient (Wildman–Crippen LogP) is 2.22. The molecule has 5 nitrogen and oxygen atoms in total. The fourth-order valence-electron chi connectivity index (χ4n) is 1.82. The molecule has 0 spiro atoms. The summed E-state index contributed by atoms with van der Waals surface area (Å²) in [5.74, 6) is 0.977. The van der Waals surface area contributed by atoms with Crippen LogP contribution in [0.15, 0.2) is 23.4 Å². The molecule has 92 valence electrons. The topological polar surface area (TPSA) is 68.1 Å². The van der Waals surface area contributed by atoms with Crippen molar-refractivity contribution in [1.82, 2.24) is 10.3 Å². The van der Waals surface area contributed by atoms with Crippen molar-refractivity contribution in [3.05, 3.63) is 28.4 Å². The highest BCUT2D eigenvalue weighted by Crippen LogP contribution is 2.21. The van der Waals surface area contributed by atoms with Crippen molar-refractivity contribution in [2.24, 2.45) is 0 Å². The van der Waals surface area contributed by atoms with E-state index in [9.17, 15) is 10.1 Å². The van der Waals surface area contributed by atoms with E-state index in [-0.39, 0.29) is 5.69 Å². The lowest BCUT2D eigenvalue weighted by atomic mass is 10.1. The minimum atomic E-state index is -0.426. The van der Waals surface area contributed by atoms with Crippen molar-refractivity contribution in [3.8, 4) is 0 Å². The highest BCUT2D eigenvalue weighted by Gasteiger charge is 2.13. The molecule has 1 fully saturated rings. The Labute approximate surface area is 104 Å². The van der Waals surface area contributed by atoms with Gasteiger partial charge in [-0.25, -0.2) is 4.98 Å². The van der Waals surface area contributed by atoms with E-state index < -0.39 is 4.92 Å². The number of pyridine rings is 1. The van der Waals surface area contributed by atoms with Crippen molar-refractivity contribution in [3.63, 3.8) is 0 Å². The van der Waals surface area contributed by atoms with Crippen LogP contribution in [-0.4, -0.2) is 28.2 Å². The van der Waals surface area contributed by atoms with Crippen molar-refractivity contribution >= 4 is 17.4 Å². The van der Waals surface area contributed by atoms with E-state index in [0.717, 1.165) is 17.3 Å². The summed E-state index contributed by atoms with van der Waals surface area (Å²) < 4.78 is 0. The van der Waals surface area contributed by atoms with Crippen molar-refractivity contribution < 1.29 is 4.92 Å². The normalized spacial score (nSPS) is 20.1. The second-order valence-corrected chi connectivity index (χ2v) is 5.11. The Kier molecular flexibility index (Phi) is 4.33. The van der Waals surface area contributed by atoms with Gasteiger partial charge in [-0.15, -0.1) is 11.8 Å². The summed E-state index contributed by atoms with van der Waals surface area (Å²) in [4.78, 5) is 14.1. The smallest absolute Gasteiger partial charge is 0.287 e. The lowest BCUT2D eigenvalue weighted by Gasteiger charge is -2.22. The maximum Gasteiger partial charge on any atom is 0.287 e. The van der Waals surface area contributed by atoms with Crippen LogP contribution < -0.4 is 5.32 Å². The molecule has 0 radical (unpaired) electrons. The summed E-state index contributed by atoms with van der Waals surface area (Å²) in [6, 6.07) is 3.76. The molecule has 0 saturated carbocycles. The van der Waals surface area contributed by atoms with Crippen LogP contribution in [-0.2, 0) is 0 Å². The minimum absolute atomic E-state index is 0.0464. The summed E-state index contributed by atoms with van der Waals surface area (Å²) in [5, 5.41) is 14.8. The maximum absolute atomic E-state index is 10.5. The molecule has 1 saturated heterocycles. The standard InChI is InChI=1S/C11H15N3O2S/c15-14(16)10-4-5-11(13-7-10)17-8-9-3-1-2-6-12-9/h4-5,7,9,12H,1-3,6,8H2/t9-/m1/s1. The number of thioether (sulfide) groups is 1. The average Bonchev–Trinajstić information content (AvgIpc) is 2.38. The quantitative estimate of drug-likeness (QED) is 0.506. The average molecular weight is 253 g/mol. The zero-order valence-electron chi connectivity index (χ0n) is 9.46. The van der Waals surface area contributed by atoms with Crippen LogP contribution >= 0.6 is 11.8 Å². The van der Waals surface area contributed by atoms with Crippen molar-refractivity contribution in [2.75, 3.05) is 12.3 Å². The molecular formula is C11H15N3O2S. The van der Waals surface area contributed by atoms with Gasteiger partial charge in [-0.3, -0.25) is 10.1 Å². The Morgan fingerprint density at radius 3 is 3.00 bits per heavy atom. The molecular weight excluding hydrogens is 238 g/mol. The van der Waals surface area contributed by atoms with Gasteiger partial charge in [0, 0.05) is 17.9 Å². The third-order valence-electron chi connectivity index (χ3n) is 2.78. The fourth-order valence-corrected chi connectivity index (χ4v) is 2.77. The van der Waals surface area contributed by atoms with Gasteiger partial charge in [-0.2, -0.15) is 0 Å². The van der Waals surface area contributed by atoms with E-state index in [1.54, 1.807) is 17.8 Å². The lowest BCUT2D eigenvalue weighted by molar-refractivity contribution is -0.385. The van der Waals surface area contributed by atoms with E-state index in [4.69, 9.17) is 0 Å². The molecule has 6 heteroatoms. The summed E-state index contributed by atoms with van der Waals surface area (Å²) in [5.41, 5.74) is 0.0464. The van der Waals surface area contributed by atoms with Gasteiger partial charge >= 0.3 is 0 Å². The summed E-state index contributed by atoms with van der Waals surface area (Å²) in [7, 11) is 0. The van der Waals surface area contributed by atoms with Gasteiger partial charge in [0.05, 0.1) is 9.95 Å². The van der Waals surface area contributed by atoms with E-state index in [2.05, 4.69) is 10.3 Å². The van der Waals surface area contributed by atoms with Crippen LogP contribution in [0, 0.1) is 10.1 Å². The third-order valence-corrected chi connectivity index (χ3v) is 3.88. The highest BCUT2D eigenvalue weighted by atomic mass is 32.2. The van der Waals surface area contributed by atoms with Gasteiger partial charge in [0.15, 0.2) is 0 Å². The van der Waals surface area contributed by atoms with E-state index >= 15 is 0 Å².